The number of rotatable bonds is 3. The van der Waals surface area contributed by atoms with E-state index in [4.69, 9.17) is 10.5 Å². The van der Waals surface area contributed by atoms with Gasteiger partial charge in [-0.05, 0) is 53.4 Å². The molecule has 1 aromatic carbocycles. The number of nitrogens with two attached hydrogens (primary N) is 1. The number of aromatic nitrogens is 3. The molecule has 0 radical (unpaired) electrons. The lowest BCUT2D eigenvalue weighted by molar-refractivity contribution is -0.0371. The smallest absolute Gasteiger partial charge is 0.216 e. The lowest BCUT2D eigenvalue weighted by atomic mass is 10.0. The molecule has 140 valence electrons. The number of hydrogen-bond acceptors (Lipinski definition) is 5. The molecule has 1 aliphatic rings. The molecule has 6 nitrogen and oxygen atoms in total. The van der Waals surface area contributed by atoms with Crippen molar-refractivity contribution in [2.45, 2.75) is 25.5 Å². The van der Waals surface area contributed by atoms with Gasteiger partial charge in [0.1, 0.15) is 17.2 Å². The molecule has 1 saturated heterocycles. The number of carbonyl (C=O) groups is 1. The monoisotopic (exact) mass is 436 g/mol. The Hall–Kier alpha value is -2.39. The molecule has 9 heteroatoms. The number of carbonyl (C=O) groups excluding carboxylic acids is 1. The normalized spacial score (nSPS) is 17.4. The minimum absolute atomic E-state index is 0.0119. The van der Waals surface area contributed by atoms with Crippen LogP contribution in [0.15, 0.2) is 28.9 Å². The maximum Gasteiger partial charge on any atom is 0.216 e. The molecule has 1 atom stereocenters. The molecule has 0 amide bonds. The van der Waals surface area contributed by atoms with Gasteiger partial charge in [-0.1, -0.05) is 0 Å². The van der Waals surface area contributed by atoms with E-state index in [0.717, 1.165) is 31.4 Å². The Kier molecular flexibility index (Phi) is 4.65. The molecule has 1 fully saturated rings. The van der Waals surface area contributed by atoms with E-state index in [9.17, 15) is 13.6 Å². The fraction of sp³-hybridized carbons (Fsp3) is 0.278. The molecular weight excluding hydrogens is 422 g/mol. The van der Waals surface area contributed by atoms with Crippen LogP contribution in [0.2, 0.25) is 0 Å². The van der Waals surface area contributed by atoms with Gasteiger partial charge < -0.3 is 10.5 Å². The topological polar surface area (TPSA) is 83.0 Å². The standard InChI is InChI=1S/C18H15BrF2N4O2/c19-9-7-11-16(17(26)10-4-5-12(20)15(22)14(10)21)24-25(18(11)23-8-9)13-3-1-2-6-27-13/h4-5,7-8,13H,1-3,6,22H2. The van der Waals surface area contributed by atoms with Gasteiger partial charge in [0, 0.05) is 17.3 Å². The molecule has 1 unspecified atom stereocenters. The second-order valence-corrected chi connectivity index (χ2v) is 7.21. The average Bonchev–Trinajstić information content (AvgIpc) is 3.05. The molecule has 0 aliphatic carbocycles. The molecule has 0 spiro atoms. The Bertz CT molecular complexity index is 1050. The molecule has 2 aromatic heterocycles. The summed E-state index contributed by atoms with van der Waals surface area (Å²) in [5.74, 6) is -2.71. The minimum Gasteiger partial charge on any atom is -0.394 e. The highest BCUT2D eigenvalue weighted by molar-refractivity contribution is 9.10. The van der Waals surface area contributed by atoms with E-state index < -0.39 is 23.1 Å². The number of ketones is 1. The largest absolute Gasteiger partial charge is 0.394 e. The number of ether oxygens (including phenoxy) is 1. The maximum atomic E-state index is 14.4. The fourth-order valence-electron chi connectivity index (χ4n) is 3.16. The van der Waals surface area contributed by atoms with Crippen molar-refractivity contribution in [2.75, 3.05) is 12.3 Å². The SMILES string of the molecule is Nc1c(F)ccc(C(=O)c2nn(C3CCCCO3)c3ncc(Br)cc23)c1F. The minimum atomic E-state index is -1.10. The van der Waals surface area contributed by atoms with Gasteiger partial charge >= 0.3 is 0 Å². The maximum absolute atomic E-state index is 14.4. The van der Waals surface area contributed by atoms with Crippen molar-refractivity contribution >= 4 is 38.4 Å². The molecule has 3 heterocycles. The van der Waals surface area contributed by atoms with Crippen molar-refractivity contribution in [3.8, 4) is 0 Å². The van der Waals surface area contributed by atoms with Crippen molar-refractivity contribution in [2.24, 2.45) is 0 Å². The number of anilines is 1. The number of nitrogen functional groups attached to an aromatic ring is 1. The van der Waals surface area contributed by atoms with Crippen LogP contribution < -0.4 is 5.73 Å². The van der Waals surface area contributed by atoms with Crippen LogP contribution in [0.4, 0.5) is 14.5 Å². The van der Waals surface area contributed by atoms with Crippen LogP contribution in [0.5, 0.6) is 0 Å². The predicted molar refractivity (Wildman–Crippen MR) is 98.3 cm³/mol. The third-order valence-corrected chi connectivity index (χ3v) is 4.96. The van der Waals surface area contributed by atoms with Crippen molar-refractivity contribution in [3.63, 3.8) is 0 Å². The molecule has 3 aromatic rings. The van der Waals surface area contributed by atoms with Gasteiger partial charge in [0.25, 0.3) is 0 Å². The number of benzene rings is 1. The van der Waals surface area contributed by atoms with Crippen LogP contribution >= 0.6 is 15.9 Å². The van der Waals surface area contributed by atoms with E-state index in [2.05, 4.69) is 26.0 Å². The summed E-state index contributed by atoms with van der Waals surface area (Å²) >= 11 is 3.33. The summed E-state index contributed by atoms with van der Waals surface area (Å²) < 4.78 is 35.8. The van der Waals surface area contributed by atoms with E-state index in [1.807, 2.05) is 0 Å². The first-order valence-corrected chi connectivity index (χ1v) is 9.20. The van der Waals surface area contributed by atoms with Crippen LogP contribution in [0.1, 0.15) is 41.5 Å². The number of halogens is 3. The zero-order chi connectivity index (χ0) is 19.1. The summed E-state index contributed by atoms with van der Waals surface area (Å²) in [7, 11) is 0. The molecule has 2 N–H and O–H groups in total. The highest BCUT2D eigenvalue weighted by Gasteiger charge is 2.27. The van der Waals surface area contributed by atoms with E-state index in [-0.39, 0.29) is 17.5 Å². The Balaban J connectivity index is 1.87. The second kappa shape index (κ2) is 6.97. The lowest BCUT2D eigenvalue weighted by Crippen LogP contribution is -2.20. The summed E-state index contributed by atoms with van der Waals surface area (Å²) in [6.45, 7) is 0.592. The molecule has 1 aliphatic heterocycles. The summed E-state index contributed by atoms with van der Waals surface area (Å²) in [5.41, 5.74) is 4.83. The van der Waals surface area contributed by atoms with Crippen LogP contribution in [0, 0.1) is 11.6 Å². The van der Waals surface area contributed by atoms with Gasteiger partial charge in [-0.15, -0.1) is 0 Å². The van der Waals surface area contributed by atoms with E-state index >= 15 is 0 Å². The van der Waals surface area contributed by atoms with Gasteiger partial charge in [-0.3, -0.25) is 4.79 Å². The Morgan fingerprint density at radius 1 is 1.33 bits per heavy atom. The first-order valence-electron chi connectivity index (χ1n) is 8.41. The van der Waals surface area contributed by atoms with Gasteiger partial charge in [0.05, 0.1) is 10.9 Å². The van der Waals surface area contributed by atoms with E-state index in [1.54, 1.807) is 16.9 Å². The van der Waals surface area contributed by atoms with Crippen molar-refractivity contribution in [1.29, 1.82) is 0 Å². The Morgan fingerprint density at radius 3 is 2.89 bits per heavy atom. The Labute approximate surface area is 161 Å². The fourth-order valence-corrected chi connectivity index (χ4v) is 3.49. The van der Waals surface area contributed by atoms with Gasteiger partial charge in [-0.2, -0.15) is 5.10 Å². The molecule has 0 saturated carbocycles. The van der Waals surface area contributed by atoms with Crippen LogP contribution in [0.25, 0.3) is 11.0 Å². The van der Waals surface area contributed by atoms with Crippen molar-refractivity contribution in [1.82, 2.24) is 14.8 Å². The zero-order valence-electron chi connectivity index (χ0n) is 14.1. The molecule has 27 heavy (non-hydrogen) atoms. The summed E-state index contributed by atoms with van der Waals surface area (Å²) in [5, 5.41) is 4.83. The van der Waals surface area contributed by atoms with Crippen molar-refractivity contribution < 1.29 is 18.3 Å². The molecule has 0 bridgehead atoms. The first-order chi connectivity index (χ1) is 13.0. The first kappa shape index (κ1) is 18.0. The third-order valence-electron chi connectivity index (χ3n) is 4.53. The summed E-state index contributed by atoms with van der Waals surface area (Å²) in [6, 6.07) is 3.71. The van der Waals surface area contributed by atoms with Crippen LogP contribution in [0.3, 0.4) is 0 Å². The number of nitrogens with zero attached hydrogens (tertiary/aromatic N) is 3. The van der Waals surface area contributed by atoms with Crippen LogP contribution in [-0.4, -0.2) is 27.2 Å². The summed E-state index contributed by atoms with van der Waals surface area (Å²) in [4.78, 5) is 17.3. The average molecular weight is 437 g/mol. The summed E-state index contributed by atoms with van der Waals surface area (Å²) in [6.07, 6.45) is 3.91. The lowest BCUT2D eigenvalue weighted by Gasteiger charge is -2.22. The van der Waals surface area contributed by atoms with Gasteiger partial charge in [0.15, 0.2) is 17.7 Å². The third kappa shape index (κ3) is 3.10. The van der Waals surface area contributed by atoms with E-state index in [1.165, 1.54) is 0 Å². The quantitative estimate of drug-likeness (QED) is 0.495. The highest BCUT2D eigenvalue weighted by Crippen LogP contribution is 2.30. The Morgan fingerprint density at radius 2 is 2.15 bits per heavy atom. The number of hydrogen-bond donors (Lipinski definition) is 1. The molecule has 4 rings (SSSR count). The highest BCUT2D eigenvalue weighted by atomic mass is 79.9. The zero-order valence-corrected chi connectivity index (χ0v) is 15.7. The van der Waals surface area contributed by atoms with E-state index in [0.29, 0.717) is 22.1 Å². The van der Waals surface area contributed by atoms with Crippen LogP contribution in [-0.2, 0) is 4.74 Å². The molecular formula is C18H15BrF2N4O2. The number of pyridine rings is 1. The van der Waals surface area contributed by atoms with Gasteiger partial charge in [-0.25, -0.2) is 18.4 Å². The van der Waals surface area contributed by atoms with Gasteiger partial charge in [0.2, 0.25) is 5.78 Å². The second-order valence-electron chi connectivity index (χ2n) is 6.29. The van der Waals surface area contributed by atoms with Crippen molar-refractivity contribution in [3.05, 3.63) is 51.8 Å². The number of fused-ring (bicyclic) bond motifs is 1. The predicted octanol–water partition coefficient (Wildman–Crippen LogP) is 3.98.